The molecule has 0 spiro atoms. The van der Waals surface area contributed by atoms with Crippen molar-refractivity contribution in [1.29, 1.82) is 0 Å². The molecule has 3 rings (SSSR count). The molecule has 0 bridgehead atoms. The van der Waals surface area contributed by atoms with Crippen LogP contribution in [0.1, 0.15) is 29.5 Å². The molecule has 1 aromatic carbocycles. The van der Waals surface area contributed by atoms with E-state index in [1.807, 2.05) is 31.2 Å². The highest BCUT2D eigenvalue weighted by Crippen LogP contribution is 2.29. The fourth-order valence-corrected chi connectivity index (χ4v) is 2.58. The topological polar surface area (TPSA) is 75.4 Å². The molecule has 1 saturated heterocycles. The molecule has 0 radical (unpaired) electrons. The molecule has 1 aliphatic heterocycles. The number of nitrogens with one attached hydrogen (secondary N) is 1. The van der Waals surface area contributed by atoms with Crippen LogP contribution in [0.3, 0.4) is 0 Å². The van der Waals surface area contributed by atoms with E-state index < -0.39 is 11.6 Å². The molecule has 114 valence electrons. The van der Waals surface area contributed by atoms with Gasteiger partial charge in [-0.25, -0.2) is 4.79 Å². The van der Waals surface area contributed by atoms with Crippen molar-refractivity contribution in [2.75, 3.05) is 0 Å². The molecule has 1 N–H and O–H groups in total. The van der Waals surface area contributed by atoms with Crippen LogP contribution in [0.15, 0.2) is 34.9 Å². The number of aromatic nitrogens is 1. The number of urea groups is 1. The van der Waals surface area contributed by atoms with Crippen molar-refractivity contribution >= 4 is 11.9 Å². The summed E-state index contributed by atoms with van der Waals surface area (Å²) in [4.78, 5) is 26.1. The molecule has 6 heteroatoms. The minimum Gasteiger partial charge on any atom is -0.361 e. The molecule has 1 aliphatic rings. The maximum atomic E-state index is 12.7. The molecule has 0 aliphatic carbocycles. The SMILES string of the molecule is Cc1ccc([C@]2(C)NC(=O)N(Cc3cc(C)on3)C2=O)cc1. The second kappa shape index (κ2) is 4.98. The van der Waals surface area contributed by atoms with Gasteiger partial charge >= 0.3 is 6.03 Å². The number of carbonyl (C=O) groups excluding carboxylic acids is 2. The first-order valence-electron chi connectivity index (χ1n) is 7.03. The van der Waals surface area contributed by atoms with Crippen molar-refractivity contribution in [1.82, 2.24) is 15.4 Å². The van der Waals surface area contributed by atoms with Crippen molar-refractivity contribution in [3.05, 3.63) is 52.9 Å². The van der Waals surface area contributed by atoms with E-state index in [0.717, 1.165) is 16.0 Å². The summed E-state index contributed by atoms with van der Waals surface area (Å²) in [7, 11) is 0. The Kier molecular flexibility index (Phi) is 3.24. The number of nitrogens with zero attached hydrogens (tertiary/aromatic N) is 2. The Morgan fingerprint density at radius 3 is 2.50 bits per heavy atom. The number of imide groups is 1. The molecule has 0 unspecified atom stereocenters. The van der Waals surface area contributed by atoms with Crippen LogP contribution in [0.25, 0.3) is 0 Å². The summed E-state index contributed by atoms with van der Waals surface area (Å²) in [6.45, 7) is 5.55. The van der Waals surface area contributed by atoms with Crippen LogP contribution < -0.4 is 5.32 Å². The van der Waals surface area contributed by atoms with Crippen molar-refractivity contribution in [2.45, 2.75) is 32.9 Å². The largest absolute Gasteiger partial charge is 0.361 e. The van der Waals surface area contributed by atoms with Crippen LogP contribution in [-0.4, -0.2) is 22.0 Å². The van der Waals surface area contributed by atoms with Gasteiger partial charge in [0.25, 0.3) is 5.91 Å². The molecule has 6 nitrogen and oxygen atoms in total. The minimum atomic E-state index is -1.05. The highest BCUT2D eigenvalue weighted by molar-refractivity contribution is 6.07. The Bertz CT molecular complexity index is 735. The number of hydrogen-bond donors (Lipinski definition) is 1. The number of aryl methyl sites for hydroxylation is 2. The molecule has 3 amide bonds. The van der Waals surface area contributed by atoms with Gasteiger partial charge in [0.1, 0.15) is 17.0 Å². The maximum absolute atomic E-state index is 12.7. The average molecular weight is 299 g/mol. The second-order valence-electron chi connectivity index (χ2n) is 5.74. The quantitative estimate of drug-likeness (QED) is 0.882. The molecule has 1 fully saturated rings. The van der Waals surface area contributed by atoms with E-state index in [2.05, 4.69) is 10.5 Å². The third kappa shape index (κ3) is 2.26. The van der Waals surface area contributed by atoms with Crippen molar-refractivity contribution in [3.63, 3.8) is 0 Å². The lowest BCUT2D eigenvalue weighted by molar-refractivity contribution is -0.131. The summed E-state index contributed by atoms with van der Waals surface area (Å²) in [6, 6.07) is 8.85. The van der Waals surface area contributed by atoms with E-state index in [-0.39, 0.29) is 12.5 Å². The third-order valence-electron chi connectivity index (χ3n) is 3.90. The predicted octanol–water partition coefficient (Wildman–Crippen LogP) is 2.26. The van der Waals surface area contributed by atoms with Crippen molar-refractivity contribution < 1.29 is 14.1 Å². The van der Waals surface area contributed by atoms with Gasteiger partial charge in [-0.3, -0.25) is 9.69 Å². The Morgan fingerprint density at radius 2 is 1.91 bits per heavy atom. The summed E-state index contributed by atoms with van der Waals surface area (Å²) in [5, 5.41) is 6.60. The Hall–Kier alpha value is -2.63. The molecule has 2 heterocycles. The predicted molar refractivity (Wildman–Crippen MR) is 78.9 cm³/mol. The van der Waals surface area contributed by atoms with E-state index in [1.165, 1.54) is 0 Å². The van der Waals surface area contributed by atoms with Gasteiger partial charge in [-0.2, -0.15) is 0 Å². The molecule has 1 aromatic heterocycles. The Morgan fingerprint density at radius 1 is 1.23 bits per heavy atom. The Balaban J connectivity index is 1.88. The molecule has 0 saturated carbocycles. The zero-order valence-corrected chi connectivity index (χ0v) is 12.7. The van der Waals surface area contributed by atoms with Crippen molar-refractivity contribution in [3.8, 4) is 0 Å². The molecular formula is C16H17N3O3. The van der Waals surface area contributed by atoms with E-state index in [1.54, 1.807) is 19.9 Å². The average Bonchev–Trinajstić information content (AvgIpc) is 2.97. The zero-order valence-electron chi connectivity index (χ0n) is 12.7. The lowest BCUT2D eigenvalue weighted by Gasteiger charge is -2.22. The highest BCUT2D eigenvalue weighted by Gasteiger charge is 2.49. The number of hydrogen-bond acceptors (Lipinski definition) is 4. The van der Waals surface area contributed by atoms with E-state index in [0.29, 0.717) is 11.5 Å². The second-order valence-corrected chi connectivity index (χ2v) is 5.74. The lowest BCUT2D eigenvalue weighted by Crippen LogP contribution is -2.40. The van der Waals surface area contributed by atoms with Gasteiger partial charge in [0.15, 0.2) is 0 Å². The standard InChI is InChI=1S/C16H17N3O3/c1-10-4-6-12(7-5-10)16(3)14(20)19(15(21)17-16)9-13-8-11(2)22-18-13/h4-8H,9H2,1-3H3,(H,17,21)/t16-/m0/s1. The van der Waals surface area contributed by atoms with Crippen LogP contribution in [0.5, 0.6) is 0 Å². The summed E-state index contributed by atoms with van der Waals surface area (Å²) in [6.07, 6.45) is 0. The van der Waals surface area contributed by atoms with E-state index in [9.17, 15) is 9.59 Å². The summed E-state index contributed by atoms with van der Waals surface area (Å²) in [5.41, 5.74) is 1.35. The van der Waals surface area contributed by atoms with Gasteiger partial charge in [0.2, 0.25) is 0 Å². The first kappa shape index (κ1) is 14.3. The zero-order chi connectivity index (χ0) is 15.9. The third-order valence-corrected chi connectivity index (χ3v) is 3.90. The highest BCUT2D eigenvalue weighted by atomic mass is 16.5. The number of amides is 3. The Labute approximate surface area is 128 Å². The van der Waals surface area contributed by atoms with Crippen LogP contribution >= 0.6 is 0 Å². The number of carbonyl (C=O) groups is 2. The molecular weight excluding hydrogens is 282 g/mol. The summed E-state index contributed by atoms with van der Waals surface area (Å²) >= 11 is 0. The fourth-order valence-electron chi connectivity index (χ4n) is 2.58. The molecule has 2 aromatic rings. The number of rotatable bonds is 3. The van der Waals surface area contributed by atoms with E-state index in [4.69, 9.17) is 4.52 Å². The maximum Gasteiger partial charge on any atom is 0.325 e. The van der Waals surface area contributed by atoms with Gasteiger partial charge in [0, 0.05) is 6.07 Å². The van der Waals surface area contributed by atoms with Crippen LogP contribution in [-0.2, 0) is 16.9 Å². The van der Waals surface area contributed by atoms with Gasteiger partial charge in [0.05, 0.1) is 6.54 Å². The van der Waals surface area contributed by atoms with Gasteiger partial charge in [-0.1, -0.05) is 35.0 Å². The van der Waals surface area contributed by atoms with Crippen LogP contribution in [0, 0.1) is 13.8 Å². The first-order valence-corrected chi connectivity index (χ1v) is 7.03. The van der Waals surface area contributed by atoms with Crippen molar-refractivity contribution in [2.24, 2.45) is 0 Å². The van der Waals surface area contributed by atoms with Gasteiger partial charge < -0.3 is 9.84 Å². The minimum absolute atomic E-state index is 0.101. The smallest absolute Gasteiger partial charge is 0.325 e. The monoisotopic (exact) mass is 299 g/mol. The molecule has 1 atom stereocenters. The first-order chi connectivity index (χ1) is 10.4. The molecule has 22 heavy (non-hydrogen) atoms. The van der Waals surface area contributed by atoms with E-state index >= 15 is 0 Å². The summed E-state index contributed by atoms with van der Waals surface area (Å²) < 4.78 is 4.98. The fraction of sp³-hybridized carbons (Fsp3) is 0.312. The van der Waals surface area contributed by atoms with Gasteiger partial charge in [-0.15, -0.1) is 0 Å². The lowest BCUT2D eigenvalue weighted by atomic mass is 9.91. The number of benzene rings is 1. The van der Waals surface area contributed by atoms with Crippen LogP contribution in [0.2, 0.25) is 0 Å². The van der Waals surface area contributed by atoms with Gasteiger partial charge in [-0.05, 0) is 26.3 Å². The van der Waals surface area contributed by atoms with Crippen LogP contribution in [0.4, 0.5) is 4.79 Å². The summed E-state index contributed by atoms with van der Waals surface area (Å²) in [5.74, 6) is 0.352. The normalized spacial score (nSPS) is 21.3.